The second-order valence-corrected chi connectivity index (χ2v) is 10.8. The SMILES string of the molecule is O=C1COc2cc(S(=O)(=O)CCC(=O)NC3CCN(Cc4ccccc4)CC3)c(Cl)cc2N1. The molecule has 0 aliphatic carbocycles. The predicted octanol–water partition coefficient (Wildman–Crippen LogP) is 2.62. The van der Waals surface area contributed by atoms with E-state index in [1.807, 2.05) is 18.2 Å². The van der Waals surface area contributed by atoms with Crippen LogP contribution in [-0.4, -0.2) is 56.6 Å². The quantitative estimate of drug-likeness (QED) is 0.617. The largest absolute Gasteiger partial charge is 0.482 e. The maximum atomic E-state index is 12.8. The van der Waals surface area contributed by atoms with E-state index in [-0.39, 0.29) is 52.3 Å². The summed E-state index contributed by atoms with van der Waals surface area (Å²) in [4.78, 5) is 26.1. The Bertz CT molecular complexity index is 1130. The van der Waals surface area contributed by atoms with Crippen LogP contribution in [0, 0.1) is 0 Å². The third kappa shape index (κ3) is 6.04. The molecule has 0 atom stereocenters. The molecule has 4 rings (SSSR count). The second-order valence-electron chi connectivity index (χ2n) is 8.29. The first-order valence-electron chi connectivity index (χ1n) is 10.8. The lowest BCUT2D eigenvalue weighted by molar-refractivity contribution is -0.121. The molecule has 2 N–H and O–H groups in total. The van der Waals surface area contributed by atoms with E-state index in [2.05, 4.69) is 27.7 Å². The van der Waals surface area contributed by atoms with Gasteiger partial charge in [0.1, 0.15) is 5.75 Å². The first kappa shape index (κ1) is 23.5. The maximum absolute atomic E-state index is 12.8. The maximum Gasteiger partial charge on any atom is 0.262 e. The lowest BCUT2D eigenvalue weighted by Crippen LogP contribution is -2.44. The number of carbonyl (C=O) groups excluding carboxylic acids is 2. The van der Waals surface area contributed by atoms with Crippen LogP contribution in [0.2, 0.25) is 5.02 Å². The van der Waals surface area contributed by atoms with Gasteiger partial charge >= 0.3 is 0 Å². The van der Waals surface area contributed by atoms with Gasteiger partial charge in [0.2, 0.25) is 5.91 Å². The molecule has 2 aliphatic heterocycles. The van der Waals surface area contributed by atoms with Gasteiger partial charge in [-0.1, -0.05) is 41.9 Å². The molecule has 2 amide bonds. The summed E-state index contributed by atoms with van der Waals surface area (Å²) in [6.07, 6.45) is 1.49. The molecule has 2 heterocycles. The van der Waals surface area contributed by atoms with Crippen molar-refractivity contribution < 1.29 is 22.7 Å². The van der Waals surface area contributed by atoms with Crippen molar-refractivity contribution >= 4 is 38.9 Å². The van der Waals surface area contributed by atoms with E-state index in [1.54, 1.807) is 0 Å². The van der Waals surface area contributed by atoms with Crippen molar-refractivity contribution in [2.24, 2.45) is 0 Å². The zero-order chi connectivity index (χ0) is 23.4. The van der Waals surface area contributed by atoms with Gasteiger partial charge in [-0.15, -0.1) is 0 Å². The number of hydrogen-bond donors (Lipinski definition) is 2. The minimum atomic E-state index is -3.81. The Labute approximate surface area is 198 Å². The molecular formula is C23H26ClN3O5S. The third-order valence-corrected chi connectivity index (χ3v) is 7.98. The zero-order valence-electron chi connectivity index (χ0n) is 18.1. The van der Waals surface area contributed by atoms with Crippen molar-refractivity contribution in [3.8, 4) is 5.75 Å². The van der Waals surface area contributed by atoms with Crippen molar-refractivity contribution in [3.63, 3.8) is 0 Å². The Kier molecular flexibility index (Phi) is 7.21. The number of likely N-dealkylation sites (tertiary alicyclic amines) is 1. The number of amides is 2. The highest BCUT2D eigenvalue weighted by molar-refractivity contribution is 7.91. The highest BCUT2D eigenvalue weighted by Crippen LogP contribution is 2.36. The van der Waals surface area contributed by atoms with Crippen LogP contribution in [0.15, 0.2) is 47.4 Å². The Morgan fingerprint density at radius 3 is 2.64 bits per heavy atom. The average molecular weight is 492 g/mol. The van der Waals surface area contributed by atoms with Crippen molar-refractivity contribution in [3.05, 3.63) is 53.1 Å². The average Bonchev–Trinajstić information content (AvgIpc) is 2.79. The van der Waals surface area contributed by atoms with E-state index in [9.17, 15) is 18.0 Å². The van der Waals surface area contributed by atoms with Gasteiger partial charge in [-0.3, -0.25) is 14.5 Å². The standard InChI is InChI=1S/C23H26ClN3O5S/c24-18-12-19-20(32-15-23(29)26-19)13-21(18)33(30,31)11-8-22(28)25-17-6-9-27(10-7-17)14-16-4-2-1-3-5-16/h1-5,12-13,17H,6-11,14-15H2,(H,25,28)(H,26,29). The summed E-state index contributed by atoms with van der Waals surface area (Å²) in [5.41, 5.74) is 1.59. The molecule has 8 nitrogen and oxygen atoms in total. The molecular weight excluding hydrogens is 466 g/mol. The lowest BCUT2D eigenvalue weighted by Gasteiger charge is -2.32. The molecule has 2 aromatic rings. The number of fused-ring (bicyclic) bond motifs is 1. The van der Waals surface area contributed by atoms with Crippen LogP contribution >= 0.6 is 11.6 Å². The lowest BCUT2D eigenvalue weighted by atomic mass is 10.0. The van der Waals surface area contributed by atoms with Crippen molar-refractivity contribution in [2.45, 2.75) is 36.7 Å². The fraction of sp³-hybridized carbons (Fsp3) is 0.391. The Morgan fingerprint density at radius 1 is 1.18 bits per heavy atom. The number of nitrogens with zero attached hydrogens (tertiary/aromatic N) is 1. The van der Waals surface area contributed by atoms with E-state index in [0.717, 1.165) is 32.5 Å². The number of carbonyl (C=O) groups is 2. The zero-order valence-corrected chi connectivity index (χ0v) is 19.6. The van der Waals surface area contributed by atoms with Crippen LogP contribution < -0.4 is 15.4 Å². The number of halogens is 1. The van der Waals surface area contributed by atoms with Gasteiger partial charge in [0.05, 0.1) is 21.4 Å². The van der Waals surface area contributed by atoms with E-state index in [1.165, 1.54) is 17.7 Å². The van der Waals surface area contributed by atoms with Crippen molar-refractivity contribution in [1.29, 1.82) is 0 Å². The minimum absolute atomic E-state index is 0.0225. The number of sulfone groups is 1. The fourth-order valence-corrected chi connectivity index (χ4v) is 5.87. The number of piperidine rings is 1. The summed E-state index contributed by atoms with van der Waals surface area (Å²) in [6, 6.07) is 12.9. The summed E-state index contributed by atoms with van der Waals surface area (Å²) in [7, 11) is -3.81. The molecule has 1 fully saturated rings. The Morgan fingerprint density at radius 2 is 1.91 bits per heavy atom. The summed E-state index contributed by atoms with van der Waals surface area (Å²) in [5, 5.41) is 5.52. The molecule has 0 spiro atoms. The molecule has 0 unspecified atom stereocenters. The first-order valence-corrected chi connectivity index (χ1v) is 12.9. The van der Waals surface area contributed by atoms with Crippen molar-refractivity contribution in [1.82, 2.24) is 10.2 Å². The number of hydrogen-bond acceptors (Lipinski definition) is 6. The fourth-order valence-electron chi connectivity index (χ4n) is 4.03. The van der Waals surface area contributed by atoms with Gasteiger partial charge in [-0.05, 0) is 24.5 Å². The minimum Gasteiger partial charge on any atom is -0.482 e. The molecule has 0 bridgehead atoms. The van der Waals surface area contributed by atoms with Gasteiger partial charge in [0.15, 0.2) is 16.4 Å². The number of ether oxygens (including phenoxy) is 1. The predicted molar refractivity (Wildman–Crippen MR) is 125 cm³/mol. The number of nitrogens with one attached hydrogen (secondary N) is 2. The molecule has 0 radical (unpaired) electrons. The molecule has 10 heteroatoms. The van der Waals surface area contributed by atoms with E-state index < -0.39 is 9.84 Å². The van der Waals surface area contributed by atoms with Crippen LogP contribution in [0.4, 0.5) is 5.69 Å². The van der Waals surface area contributed by atoms with Gasteiger partial charge < -0.3 is 15.4 Å². The monoisotopic (exact) mass is 491 g/mol. The molecule has 2 aliphatic rings. The molecule has 176 valence electrons. The smallest absolute Gasteiger partial charge is 0.262 e. The van der Waals surface area contributed by atoms with Gasteiger partial charge in [0.25, 0.3) is 5.91 Å². The number of rotatable bonds is 7. The summed E-state index contributed by atoms with van der Waals surface area (Å²) in [6.45, 7) is 2.44. The van der Waals surface area contributed by atoms with Crippen LogP contribution in [0.25, 0.3) is 0 Å². The molecule has 0 saturated carbocycles. The van der Waals surface area contributed by atoms with E-state index >= 15 is 0 Å². The molecule has 2 aromatic carbocycles. The van der Waals surface area contributed by atoms with Crippen molar-refractivity contribution in [2.75, 3.05) is 30.8 Å². The van der Waals surface area contributed by atoms with Gasteiger partial charge in [-0.25, -0.2) is 8.42 Å². The van der Waals surface area contributed by atoms with Gasteiger partial charge in [-0.2, -0.15) is 0 Å². The van der Waals surface area contributed by atoms with Gasteiger partial charge in [0, 0.05) is 38.2 Å². The van der Waals surface area contributed by atoms with Crippen LogP contribution in [0.5, 0.6) is 5.75 Å². The Balaban J connectivity index is 1.27. The Hall–Kier alpha value is -2.62. The summed E-state index contributed by atoms with van der Waals surface area (Å²) >= 11 is 6.14. The summed E-state index contributed by atoms with van der Waals surface area (Å²) in [5.74, 6) is -0.755. The van der Waals surface area contributed by atoms with Crippen LogP contribution in [0.3, 0.4) is 0 Å². The molecule has 0 aromatic heterocycles. The number of benzene rings is 2. The van der Waals surface area contributed by atoms with Crippen LogP contribution in [0.1, 0.15) is 24.8 Å². The molecule has 33 heavy (non-hydrogen) atoms. The topological polar surface area (TPSA) is 105 Å². The second kappa shape index (κ2) is 10.1. The normalized spacial score (nSPS) is 17.1. The van der Waals surface area contributed by atoms with E-state index in [0.29, 0.717) is 5.69 Å². The highest BCUT2D eigenvalue weighted by atomic mass is 35.5. The molecule has 1 saturated heterocycles. The van der Waals surface area contributed by atoms with E-state index in [4.69, 9.17) is 16.3 Å². The number of anilines is 1. The first-order chi connectivity index (χ1) is 15.8. The summed E-state index contributed by atoms with van der Waals surface area (Å²) < 4.78 is 30.9. The van der Waals surface area contributed by atoms with Crippen LogP contribution in [-0.2, 0) is 26.0 Å². The highest BCUT2D eigenvalue weighted by Gasteiger charge is 2.26. The third-order valence-electron chi connectivity index (χ3n) is 5.80.